The van der Waals surface area contributed by atoms with Crippen molar-refractivity contribution in [2.45, 2.75) is 53.1 Å². The molecule has 0 saturated carbocycles. The molecule has 0 saturated heterocycles. The van der Waals surface area contributed by atoms with Gasteiger partial charge in [0.2, 0.25) is 0 Å². The maximum Gasteiger partial charge on any atom is 0.413 e. The number of esters is 1. The Labute approximate surface area is 137 Å². The lowest BCUT2D eigenvalue weighted by Crippen LogP contribution is -2.27. The van der Waals surface area contributed by atoms with Gasteiger partial charge in [-0.3, -0.25) is 10.1 Å². The lowest BCUT2D eigenvalue weighted by Gasteiger charge is -2.19. The predicted octanol–water partition coefficient (Wildman–Crippen LogP) is 3.56. The van der Waals surface area contributed by atoms with Crippen molar-refractivity contribution in [3.05, 3.63) is 23.9 Å². The molecule has 1 heterocycles. The molecule has 1 aromatic rings. The van der Waals surface area contributed by atoms with E-state index < -0.39 is 11.7 Å². The van der Waals surface area contributed by atoms with E-state index in [-0.39, 0.29) is 11.9 Å². The lowest BCUT2D eigenvalue weighted by molar-refractivity contribution is -0.148. The van der Waals surface area contributed by atoms with Crippen molar-refractivity contribution in [1.82, 2.24) is 4.98 Å². The second-order valence-electron chi connectivity index (χ2n) is 6.24. The van der Waals surface area contributed by atoms with Gasteiger partial charge in [0, 0.05) is 6.20 Å². The van der Waals surface area contributed by atoms with Gasteiger partial charge in [-0.2, -0.15) is 0 Å². The Morgan fingerprint density at radius 3 is 2.43 bits per heavy atom. The summed E-state index contributed by atoms with van der Waals surface area (Å²) in [5.41, 5.74) is 0.359. The van der Waals surface area contributed by atoms with E-state index in [4.69, 9.17) is 9.47 Å². The molecule has 1 unspecified atom stereocenters. The number of ether oxygens (including phenoxy) is 2. The molecule has 0 spiro atoms. The fraction of sp³-hybridized carbons (Fsp3) is 0.588. The van der Waals surface area contributed by atoms with Gasteiger partial charge < -0.3 is 9.47 Å². The predicted molar refractivity (Wildman–Crippen MR) is 88.2 cm³/mol. The van der Waals surface area contributed by atoms with Crippen molar-refractivity contribution in [3.63, 3.8) is 0 Å². The number of aromatic nitrogens is 1. The first-order valence-corrected chi connectivity index (χ1v) is 7.86. The van der Waals surface area contributed by atoms with Gasteiger partial charge in [-0.05, 0) is 52.2 Å². The second kappa shape index (κ2) is 8.50. The van der Waals surface area contributed by atoms with Crippen LogP contribution in [0.4, 0.5) is 10.6 Å². The number of carbonyl (C=O) groups is 2. The van der Waals surface area contributed by atoms with Crippen LogP contribution in [0.15, 0.2) is 18.3 Å². The number of amides is 1. The van der Waals surface area contributed by atoms with Gasteiger partial charge in [0.15, 0.2) is 0 Å². The molecule has 0 radical (unpaired) electrons. The number of hydrogen-bond donors (Lipinski definition) is 1. The number of carbonyl (C=O) groups excluding carboxylic acids is 2. The van der Waals surface area contributed by atoms with E-state index in [0.29, 0.717) is 25.3 Å². The molecule has 128 valence electrons. The van der Waals surface area contributed by atoms with Crippen LogP contribution >= 0.6 is 0 Å². The SMILES string of the molecule is CCOC(=O)C(CC)Cc1ccc(NC(=O)OC(C)(C)C)nc1. The van der Waals surface area contributed by atoms with Crippen LogP contribution in [0.3, 0.4) is 0 Å². The van der Waals surface area contributed by atoms with Crippen LogP contribution < -0.4 is 5.32 Å². The standard InChI is InChI=1S/C17H26N2O4/c1-6-13(15(20)22-7-2)10-12-8-9-14(18-11-12)19-16(21)23-17(3,4)5/h8-9,11,13H,6-7,10H2,1-5H3,(H,18,19,21). The Kier molecular flexibility index (Phi) is 7.00. The van der Waals surface area contributed by atoms with Crippen molar-refractivity contribution in [3.8, 4) is 0 Å². The average Bonchev–Trinajstić information content (AvgIpc) is 2.44. The van der Waals surface area contributed by atoms with Crippen LogP contribution in [-0.4, -0.2) is 29.3 Å². The summed E-state index contributed by atoms with van der Waals surface area (Å²) in [4.78, 5) is 27.6. The highest BCUT2D eigenvalue weighted by Gasteiger charge is 2.19. The first kappa shape index (κ1) is 18.9. The number of anilines is 1. The van der Waals surface area contributed by atoms with Crippen molar-refractivity contribution in [2.24, 2.45) is 5.92 Å². The first-order valence-electron chi connectivity index (χ1n) is 7.86. The molecule has 1 atom stereocenters. The zero-order valence-corrected chi connectivity index (χ0v) is 14.5. The monoisotopic (exact) mass is 322 g/mol. The summed E-state index contributed by atoms with van der Waals surface area (Å²) in [5.74, 6) is 0.0413. The van der Waals surface area contributed by atoms with E-state index in [2.05, 4.69) is 10.3 Å². The van der Waals surface area contributed by atoms with E-state index >= 15 is 0 Å². The van der Waals surface area contributed by atoms with Crippen LogP contribution in [0.25, 0.3) is 0 Å². The molecule has 0 aliphatic rings. The van der Waals surface area contributed by atoms with E-state index in [1.54, 1.807) is 40.0 Å². The third-order valence-electron chi connectivity index (χ3n) is 3.05. The van der Waals surface area contributed by atoms with Crippen LogP contribution in [-0.2, 0) is 20.7 Å². The van der Waals surface area contributed by atoms with E-state index in [9.17, 15) is 9.59 Å². The van der Waals surface area contributed by atoms with Gasteiger partial charge in [0.25, 0.3) is 0 Å². The smallest absolute Gasteiger partial charge is 0.413 e. The molecule has 1 N–H and O–H groups in total. The summed E-state index contributed by atoms with van der Waals surface area (Å²) in [6.45, 7) is 9.51. The summed E-state index contributed by atoms with van der Waals surface area (Å²) >= 11 is 0. The summed E-state index contributed by atoms with van der Waals surface area (Å²) in [7, 11) is 0. The summed E-state index contributed by atoms with van der Waals surface area (Å²) in [6, 6.07) is 3.53. The molecular weight excluding hydrogens is 296 g/mol. The van der Waals surface area contributed by atoms with Gasteiger partial charge in [0.05, 0.1) is 12.5 Å². The summed E-state index contributed by atoms with van der Waals surface area (Å²) in [6.07, 6.45) is 2.37. The minimum Gasteiger partial charge on any atom is -0.466 e. The number of nitrogens with zero attached hydrogens (tertiary/aromatic N) is 1. The van der Waals surface area contributed by atoms with Crippen LogP contribution in [0, 0.1) is 5.92 Å². The Hall–Kier alpha value is -2.11. The molecule has 0 fully saturated rings. The Balaban J connectivity index is 2.62. The third kappa shape index (κ3) is 7.13. The van der Waals surface area contributed by atoms with Gasteiger partial charge in [0.1, 0.15) is 11.4 Å². The average molecular weight is 322 g/mol. The lowest BCUT2D eigenvalue weighted by atomic mass is 9.98. The molecular formula is C17H26N2O4. The van der Waals surface area contributed by atoms with E-state index in [0.717, 1.165) is 5.56 Å². The largest absolute Gasteiger partial charge is 0.466 e. The van der Waals surface area contributed by atoms with Gasteiger partial charge in [-0.25, -0.2) is 9.78 Å². The fourth-order valence-electron chi connectivity index (χ4n) is 1.97. The van der Waals surface area contributed by atoms with Crippen LogP contribution in [0.1, 0.15) is 46.6 Å². The molecule has 0 bridgehead atoms. The van der Waals surface area contributed by atoms with Gasteiger partial charge >= 0.3 is 12.1 Å². The number of pyridine rings is 1. The van der Waals surface area contributed by atoms with Crippen molar-refractivity contribution in [2.75, 3.05) is 11.9 Å². The van der Waals surface area contributed by atoms with E-state index in [1.165, 1.54) is 0 Å². The Morgan fingerprint density at radius 2 is 1.96 bits per heavy atom. The minimum atomic E-state index is -0.558. The zero-order valence-electron chi connectivity index (χ0n) is 14.5. The maximum atomic E-state index is 11.8. The topological polar surface area (TPSA) is 77.5 Å². The Morgan fingerprint density at radius 1 is 1.26 bits per heavy atom. The maximum absolute atomic E-state index is 11.8. The summed E-state index contributed by atoms with van der Waals surface area (Å²) in [5, 5.41) is 2.57. The van der Waals surface area contributed by atoms with Crippen molar-refractivity contribution < 1.29 is 19.1 Å². The Bertz CT molecular complexity index is 520. The molecule has 1 aromatic heterocycles. The second-order valence-corrected chi connectivity index (χ2v) is 6.24. The number of nitrogens with one attached hydrogen (secondary N) is 1. The molecule has 1 amide bonds. The normalized spacial score (nSPS) is 12.4. The number of hydrogen-bond acceptors (Lipinski definition) is 5. The highest BCUT2D eigenvalue weighted by molar-refractivity contribution is 5.83. The van der Waals surface area contributed by atoms with Gasteiger partial charge in [-0.1, -0.05) is 13.0 Å². The molecule has 23 heavy (non-hydrogen) atoms. The first-order chi connectivity index (χ1) is 10.7. The van der Waals surface area contributed by atoms with Crippen molar-refractivity contribution >= 4 is 17.9 Å². The fourth-order valence-corrected chi connectivity index (χ4v) is 1.97. The quantitative estimate of drug-likeness (QED) is 0.810. The highest BCUT2D eigenvalue weighted by Crippen LogP contribution is 2.15. The summed E-state index contributed by atoms with van der Waals surface area (Å²) < 4.78 is 10.2. The number of rotatable bonds is 6. The zero-order chi connectivity index (χ0) is 17.5. The molecule has 6 nitrogen and oxygen atoms in total. The van der Waals surface area contributed by atoms with Crippen LogP contribution in [0.5, 0.6) is 0 Å². The third-order valence-corrected chi connectivity index (χ3v) is 3.05. The van der Waals surface area contributed by atoms with Crippen molar-refractivity contribution in [1.29, 1.82) is 0 Å². The molecule has 6 heteroatoms. The van der Waals surface area contributed by atoms with Crippen LogP contribution in [0.2, 0.25) is 0 Å². The van der Waals surface area contributed by atoms with E-state index in [1.807, 2.05) is 13.0 Å². The van der Waals surface area contributed by atoms with Gasteiger partial charge in [-0.15, -0.1) is 0 Å². The molecule has 0 aromatic carbocycles. The minimum absolute atomic E-state index is 0.179. The molecule has 1 rings (SSSR count). The molecule has 0 aliphatic heterocycles. The molecule has 0 aliphatic carbocycles. The highest BCUT2D eigenvalue weighted by atomic mass is 16.6.